The van der Waals surface area contributed by atoms with Gasteiger partial charge in [-0.25, -0.2) is 4.79 Å². The second-order valence-corrected chi connectivity index (χ2v) is 9.83. The summed E-state index contributed by atoms with van der Waals surface area (Å²) < 4.78 is 22.1. The second-order valence-electron chi connectivity index (χ2n) is 7.56. The summed E-state index contributed by atoms with van der Waals surface area (Å²) in [5, 5.41) is 0. The maximum atomic E-state index is 12.2. The smallest absolute Gasteiger partial charge is 0.344 e. The molecule has 0 saturated carbocycles. The van der Waals surface area contributed by atoms with Crippen molar-refractivity contribution >= 4 is 22.8 Å². The van der Waals surface area contributed by atoms with Gasteiger partial charge in [-0.3, -0.25) is 4.79 Å². The summed E-state index contributed by atoms with van der Waals surface area (Å²) >= 11 is 0. The summed E-state index contributed by atoms with van der Waals surface area (Å²) in [4.78, 5) is 25.3. The normalized spacial score (nSPS) is 34.5. The third kappa shape index (κ3) is 3.21. The Hall–Kier alpha value is -1.73. The molecule has 6 nitrogen and oxygen atoms in total. The van der Waals surface area contributed by atoms with Crippen molar-refractivity contribution in [2.75, 3.05) is 18.1 Å². The van der Waals surface area contributed by atoms with Crippen LogP contribution in [0, 0.1) is 5.92 Å². The fourth-order valence-electron chi connectivity index (χ4n) is 4.51. The number of ether oxygens (including phenoxy) is 4. The van der Waals surface area contributed by atoms with Gasteiger partial charge in [0.2, 0.25) is 0 Å². The molecule has 4 heterocycles. The summed E-state index contributed by atoms with van der Waals surface area (Å²) in [5.74, 6) is 2.34. The van der Waals surface area contributed by atoms with E-state index >= 15 is 0 Å². The van der Waals surface area contributed by atoms with Crippen molar-refractivity contribution in [3.8, 4) is 5.75 Å². The van der Waals surface area contributed by atoms with Gasteiger partial charge >= 0.3 is 11.9 Å². The Morgan fingerprint density at radius 2 is 1.89 bits per heavy atom. The molecule has 5 rings (SSSR count). The molecule has 0 radical (unpaired) electrons. The Kier molecular flexibility index (Phi) is 4.52. The van der Waals surface area contributed by atoms with Crippen LogP contribution in [0.1, 0.15) is 25.7 Å². The molecule has 1 aromatic carbocycles. The van der Waals surface area contributed by atoms with Crippen molar-refractivity contribution in [2.24, 2.45) is 5.92 Å². The molecule has 5 unspecified atom stereocenters. The number of benzene rings is 1. The minimum Gasteiger partial charge on any atom is -0.482 e. The third-order valence-electron chi connectivity index (χ3n) is 5.85. The van der Waals surface area contributed by atoms with E-state index in [2.05, 4.69) is 12.1 Å². The molecule has 0 amide bonds. The summed E-state index contributed by atoms with van der Waals surface area (Å²) in [6, 6.07) is 8.07. The van der Waals surface area contributed by atoms with Gasteiger partial charge in [-0.2, -0.15) is 0 Å². The van der Waals surface area contributed by atoms with E-state index in [9.17, 15) is 9.59 Å². The van der Waals surface area contributed by atoms with Crippen molar-refractivity contribution in [2.45, 2.75) is 55.0 Å². The number of carbonyl (C=O) groups is 2. The van der Waals surface area contributed by atoms with Crippen LogP contribution in [0.15, 0.2) is 29.2 Å². The Balaban J connectivity index is 1.13. The number of esters is 2. The average Bonchev–Trinajstić information content (AvgIpc) is 3.33. The van der Waals surface area contributed by atoms with Crippen LogP contribution in [0.5, 0.6) is 5.75 Å². The lowest BCUT2D eigenvalue weighted by molar-refractivity contribution is -0.162. The molecule has 2 bridgehead atoms. The molecular formula is C20H23O6S+. The predicted octanol–water partition coefficient (Wildman–Crippen LogP) is 1.85. The van der Waals surface area contributed by atoms with Gasteiger partial charge in [0.05, 0.1) is 12.0 Å². The van der Waals surface area contributed by atoms with Crippen LogP contribution in [0.25, 0.3) is 0 Å². The lowest BCUT2D eigenvalue weighted by Crippen LogP contribution is -2.40. The van der Waals surface area contributed by atoms with E-state index in [0.717, 1.165) is 0 Å². The molecule has 4 aliphatic rings. The highest BCUT2D eigenvalue weighted by Crippen LogP contribution is 2.47. The average molecular weight is 391 g/mol. The molecule has 0 spiro atoms. The molecule has 7 heteroatoms. The highest BCUT2D eigenvalue weighted by atomic mass is 32.2. The van der Waals surface area contributed by atoms with Crippen LogP contribution in [-0.4, -0.2) is 54.5 Å². The zero-order chi connectivity index (χ0) is 18.4. The molecule has 27 heavy (non-hydrogen) atoms. The molecular weight excluding hydrogens is 368 g/mol. The molecule has 0 aromatic heterocycles. The van der Waals surface area contributed by atoms with Crippen molar-refractivity contribution in [1.82, 2.24) is 0 Å². The predicted molar refractivity (Wildman–Crippen MR) is 97.7 cm³/mol. The van der Waals surface area contributed by atoms with Gasteiger partial charge in [-0.05, 0) is 49.9 Å². The molecule has 4 fully saturated rings. The molecule has 1 aromatic rings. The summed E-state index contributed by atoms with van der Waals surface area (Å²) in [7, 11) is 0.360. The highest BCUT2D eigenvalue weighted by Gasteiger charge is 2.65. The van der Waals surface area contributed by atoms with Gasteiger partial charge in [0.25, 0.3) is 0 Å². The minimum absolute atomic E-state index is 0.164. The number of hydrogen-bond acceptors (Lipinski definition) is 6. The van der Waals surface area contributed by atoms with Crippen LogP contribution in [0.4, 0.5) is 0 Å². The number of carbonyl (C=O) groups excluding carboxylic acids is 2. The second kappa shape index (κ2) is 7.02. The van der Waals surface area contributed by atoms with E-state index in [1.807, 2.05) is 12.1 Å². The topological polar surface area (TPSA) is 71.1 Å². The fourth-order valence-corrected chi connectivity index (χ4v) is 6.81. The van der Waals surface area contributed by atoms with Crippen LogP contribution < -0.4 is 4.74 Å². The maximum absolute atomic E-state index is 12.2. The largest absolute Gasteiger partial charge is 0.482 e. The first-order chi connectivity index (χ1) is 13.2. The highest BCUT2D eigenvalue weighted by molar-refractivity contribution is 7.96. The fraction of sp³-hybridized carbons (Fsp3) is 0.600. The third-order valence-corrected chi connectivity index (χ3v) is 8.35. The number of rotatable bonds is 5. The molecule has 4 aliphatic heterocycles. The summed E-state index contributed by atoms with van der Waals surface area (Å²) in [6.07, 6.45) is 3.09. The van der Waals surface area contributed by atoms with Crippen molar-refractivity contribution in [3.05, 3.63) is 24.3 Å². The number of hydrogen-bond donors (Lipinski definition) is 0. The van der Waals surface area contributed by atoms with Crippen LogP contribution in [-0.2, 0) is 34.7 Å². The quantitative estimate of drug-likeness (QED) is 0.564. The molecule has 5 atom stereocenters. The molecule has 4 saturated heterocycles. The first kappa shape index (κ1) is 17.4. The zero-order valence-corrected chi connectivity index (χ0v) is 15.8. The van der Waals surface area contributed by atoms with Gasteiger partial charge < -0.3 is 18.9 Å². The van der Waals surface area contributed by atoms with E-state index in [1.165, 1.54) is 35.7 Å². The Labute approximate surface area is 160 Å². The van der Waals surface area contributed by atoms with E-state index < -0.39 is 18.2 Å². The monoisotopic (exact) mass is 391 g/mol. The van der Waals surface area contributed by atoms with Crippen molar-refractivity contribution in [1.29, 1.82) is 0 Å². The zero-order valence-electron chi connectivity index (χ0n) is 15.0. The van der Waals surface area contributed by atoms with Gasteiger partial charge in [0, 0.05) is 10.9 Å². The molecule has 0 aliphatic carbocycles. The van der Waals surface area contributed by atoms with Crippen LogP contribution in [0.2, 0.25) is 0 Å². The Bertz CT molecular complexity index is 728. The van der Waals surface area contributed by atoms with Gasteiger partial charge in [0.15, 0.2) is 23.7 Å². The van der Waals surface area contributed by atoms with E-state index in [0.29, 0.717) is 23.1 Å². The van der Waals surface area contributed by atoms with Crippen molar-refractivity contribution in [3.63, 3.8) is 0 Å². The van der Waals surface area contributed by atoms with E-state index in [4.69, 9.17) is 18.9 Å². The van der Waals surface area contributed by atoms with E-state index in [1.54, 1.807) is 0 Å². The lowest BCUT2D eigenvalue weighted by atomic mass is 9.88. The standard InChI is InChI=1S/C20H23O6S/c21-16(25-18-15-10-14-17(24-15)19(18)26-20(14)22)11-23-12-4-6-13(7-5-12)27-8-2-1-3-9-27/h4-7,14-15,17-19H,1-3,8-11H2/q+1. The molecule has 0 N–H and O–H groups in total. The minimum atomic E-state index is -0.510. The van der Waals surface area contributed by atoms with Gasteiger partial charge in [-0.1, -0.05) is 0 Å². The SMILES string of the molecule is O=C(COc1ccc([S+]2CCCCC2)cc1)OC1C2CC3C(=O)OC1C3O2. The Morgan fingerprint density at radius 1 is 1.11 bits per heavy atom. The summed E-state index contributed by atoms with van der Waals surface area (Å²) in [6.45, 7) is -0.164. The first-order valence-corrected chi connectivity index (χ1v) is 11.2. The van der Waals surface area contributed by atoms with Crippen LogP contribution in [0.3, 0.4) is 0 Å². The van der Waals surface area contributed by atoms with Crippen LogP contribution >= 0.6 is 0 Å². The van der Waals surface area contributed by atoms with Crippen molar-refractivity contribution < 1.29 is 28.5 Å². The van der Waals surface area contributed by atoms with E-state index in [-0.39, 0.29) is 30.7 Å². The summed E-state index contributed by atoms with van der Waals surface area (Å²) in [5.41, 5.74) is 0. The molecule has 144 valence electrons. The first-order valence-electron chi connectivity index (χ1n) is 9.65. The van der Waals surface area contributed by atoms with Gasteiger partial charge in [-0.15, -0.1) is 0 Å². The Morgan fingerprint density at radius 3 is 2.67 bits per heavy atom. The lowest BCUT2D eigenvalue weighted by Gasteiger charge is -2.22. The maximum Gasteiger partial charge on any atom is 0.344 e. The number of fused-ring (bicyclic) bond motifs is 1. The van der Waals surface area contributed by atoms with Gasteiger partial charge in [0.1, 0.15) is 23.4 Å².